The normalized spacial score (nSPS) is 12.1. The SMILES string of the molecule is Cc1ccc(S(=O)(=O)c2ccccc2N(C)CC(=O)N[C@@H](Cc2ccccc2)C(=O)O)cc1. The highest BCUT2D eigenvalue weighted by atomic mass is 32.2. The summed E-state index contributed by atoms with van der Waals surface area (Å²) in [5.74, 6) is -1.67. The molecule has 0 saturated heterocycles. The van der Waals surface area contributed by atoms with Gasteiger partial charge in [-0.15, -0.1) is 0 Å². The van der Waals surface area contributed by atoms with Crippen molar-refractivity contribution in [2.75, 3.05) is 18.5 Å². The molecule has 0 aliphatic heterocycles. The maximum absolute atomic E-state index is 13.2. The van der Waals surface area contributed by atoms with Crippen molar-refractivity contribution < 1.29 is 23.1 Å². The molecule has 1 amide bonds. The van der Waals surface area contributed by atoms with Gasteiger partial charge in [-0.3, -0.25) is 4.79 Å². The molecule has 0 unspecified atom stereocenters. The molecule has 0 heterocycles. The second-order valence-electron chi connectivity index (χ2n) is 7.79. The summed E-state index contributed by atoms with van der Waals surface area (Å²) in [6.45, 7) is 1.66. The summed E-state index contributed by atoms with van der Waals surface area (Å²) >= 11 is 0. The van der Waals surface area contributed by atoms with Crippen LogP contribution >= 0.6 is 0 Å². The molecule has 0 aromatic heterocycles. The summed E-state index contributed by atoms with van der Waals surface area (Å²) in [6, 6.07) is 20.9. The van der Waals surface area contributed by atoms with Crippen LogP contribution in [0.2, 0.25) is 0 Å². The van der Waals surface area contributed by atoms with Crippen LogP contribution < -0.4 is 10.2 Å². The molecule has 7 nitrogen and oxygen atoms in total. The Kier molecular flexibility index (Phi) is 7.50. The maximum atomic E-state index is 13.2. The highest BCUT2D eigenvalue weighted by Crippen LogP contribution is 2.29. The minimum Gasteiger partial charge on any atom is -0.480 e. The lowest BCUT2D eigenvalue weighted by Gasteiger charge is -2.23. The number of aryl methyl sites for hydroxylation is 1. The number of benzene rings is 3. The number of likely N-dealkylation sites (N-methyl/N-ethyl adjacent to an activating group) is 1. The predicted octanol–water partition coefficient (Wildman–Crippen LogP) is 3.08. The number of carboxylic acid groups (broad SMARTS) is 1. The van der Waals surface area contributed by atoms with E-state index in [-0.39, 0.29) is 22.8 Å². The molecule has 0 spiro atoms. The zero-order chi connectivity index (χ0) is 24.0. The lowest BCUT2D eigenvalue weighted by atomic mass is 10.1. The van der Waals surface area contributed by atoms with Gasteiger partial charge in [0.2, 0.25) is 15.7 Å². The fourth-order valence-electron chi connectivity index (χ4n) is 3.43. The third-order valence-corrected chi connectivity index (χ3v) is 7.01. The Morgan fingerprint density at radius 2 is 1.55 bits per heavy atom. The van der Waals surface area contributed by atoms with Crippen molar-refractivity contribution in [2.24, 2.45) is 0 Å². The van der Waals surface area contributed by atoms with E-state index in [1.807, 2.05) is 13.0 Å². The molecule has 0 fully saturated rings. The van der Waals surface area contributed by atoms with E-state index in [1.54, 1.807) is 73.8 Å². The van der Waals surface area contributed by atoms with E-state index in [9.17, 15) is 23.1 Å². The topological polar surface area (TPSA) is 104 Å². The van der Waals surface area contributed by atoms with Crippen molar-refractivity contribution in [1.29, 1.82) is 0 Å². The van der Waals surface area contributed by atoms with Crippen molar-refractivity contribution >= 4 is 27.4 Å². The first-order chi connectivity index (χ1) is 15.7. The van der Waals surface area contributed by atoms with Crippen LogP contribution in [0.15, 0.2) is 88.7 Å². The molecular formula is C25H26N2O5S. The average molecular weight is 467 g/mol. The molecule has 8 heteroatoms. The summed E-state index contributed by atoms with van der Waals surface area (Å²) in [5.41, 5.74) is 2.08. The minimum atomic E-state index is -3.81. The summed E-state index contributed by atoms with van der Waals surface area (Å²) in [7, 11) is -2.22. The molecule has 0 radical (unpaired) electrons. The predicted molar refractivity (Wildman–Crippen MR) is 126 cm³/mol. The molecule has 3 aromatic carbocycles. The minimum absolute atomic E-state index is 0.0724. The second-order valence-corrected chi connectivity index (χ2v) is 9.71. The number of carbonyl (C=O) groups is 2. The van der Waals surface area contributed by atoms with Crippen molar-refractivity contribution in [3.63, 3.8) is 0 Å². The van der Waals surface area contributed by atoms with Crippen molar-refractivity contribution in [3.8, 4) is 0 Å². The number of hydrogen-bond donors (Lipinski definition) is 2. The van der Waals surface area contributed by atoms with E-state index in [0.717, 1.165) is 11.1 Å². The van der Waals surface area contributed by atoms with E-state index in [1.165, 1.54) is 11.0 Å². The number of rotatable bonds is 9. The highest BCUT2D eigenvalue weighted by molar-refractivity contribution is 7.91. The van der Waals surface area contributed by atoms with Crippen LogP contribution in [0.4, 0.5) is 5.69 Å². The van der Waals surface area contributed by atoms with E-state index in [2.05, 4.69) is 5.32 Å². The smallest absolute Gasteiger partial charge is 0.326 e. The number of anilines is 1. The van der Waals surface area contributed by atoms with Crippen LogP contribution in [-0.2, 0) is 25.8 Å². The lowest BCUT2D eigenvalue weighted by Crippen LogP contribution is -2.46. The number of hydrogen-bond acceptors (Lipinski definition) is 5. The largest absolute Gasteiger partial charge is 0.480 e. The number of para-hydroxylation sites is 1. The molecule has 0 saturated carbocycles. The van der Waals surface area contributed by atoms with Gasteiger partial charge in [-0.1, -0.05) is 60.2 Å². The van der Waals surface area contributed by atoms with E-state index >= 15 is 0 Å². The number of nitrogens with one attached hydrogen (secondary N) is 1. The Hall–Kier alpha value is -3.65. The Labute approximate surface area is 193 Å². The summed E-state index contributed by atoms with van der Waals surface area (Å²) < 4.78 is 26.4. The van der Waals surface area contributed by atoms with E-state index < -0.39 is 27.8 Å². The van der Waals surface area contributed by atoms with Gasteiger partial charge in [-0.25, -0.2) is 13.2 Å². The second kappa shape index (κ2) is 10.3. The Bertz CT molecular complexity index is 1230. The summed E-state index contributed by atoms with van der Waals surface area (Å²) in [4.78, 5) is 26.0. The zero-order valence-corrected chi connectivity index (χ0v) is 19.2. The first-order valence-corrected chi connectivity index (χ1v) is 11.8. The van der Waals surface area contributed by atoms with Gasteiger partial charge in [0.05, 0.1) is 22.0 Å². The quantitative estimate of drug-likeness (QED) is 0.502. The third-order valence-electron chi connectivity index (χ3n) is 5.19. The number of amides is 1. The van der Waals surface area contributed by atoms with Gasteiger partial charge in [-0.2, -0.15) is 0 Å². The lowest BCUT2D eigenvalue weighted by molar-refractivity contribution is -0.141. The molecular weight excluding hydrogens is 440 g/mol. The Morgan fingerprint density at radius 3 is 2.18 bits per heavy atom. The van der Waals surface area contributed by atoms with Gasteiger partial charge in [0.25, 0.3) is 0 Å². The molecule has 0 bridgehead atoms. The molecule has 172 valence electrons. The Balaban J connectivity index is 1.77. The molecule has 1 atom stereocenters. The fourth-order valence-corrected chi connectivity index (χ4v) is 4.94. The number of carbonyl (C=O) groups excluding carboxylic acids is 1. The van der Waals surface area contributed by atoms with Crippen LogP contribution in [0.3, 0.4) is 0 Å². The van der Waals surface area contributed by atoms with Crippen molar-refractivity contribution in [1.82, 2.24) is 5.32 Å². The first-order valence-electron chi connectivity index (χ1n) is 10.4. The number of aliphatic carboxylic acids is 1. The van der Waals surface area contributed by atoms with Crippen LogP contribution in [0.1, 0.15) is 11.1 Å². The van der Waals surface area contributed by atoms with Gasteiger partial charge in [0, 0.05) is 13.5 Å². The number of nitrogens with zero attached hydrogens (tertiary/aromatic N) is 1. The standard InChI is InChI=1S/C25H26N2O5S/c1-18-12-14-20(15-13-18)33(31,32)23-11-7-6-10-22(23)27(2)17-24(28)26-21(25(29)30)16-19-8-4-3-5-9-19/h3-15,21H,16-17H2,1-2H3,(H,26,28)(H,29,30)/t21-/m0/s1. The summed E-state index contributed by atoms with van der Waals surface area (Å²) in [5, 5.41) is 12.1. The first kappa shape index (κ1) is 24.0. The zero-order valence-electron chi connectivity index (χ0n) is 18.4. The summed E-state index contributed by atoms with van der Waals surface area (Å²) in [6.07, 6.45) is 0.143. The van der Waals surface area contributed by atoms with Crippen LogP contribution in [0, 0.1) is 6.92 Å². The molecule has 0 aliphatic rings. The average Bonchev–Trinajstić information content (AvgIpc) is 2.79. The third kappa shape index (κ3) is 5.98. The molecule has 0 aliphatic carbocycles. The van der Waals surface area contributed by atoms with Crippen molar-refractivity contribution in [3.05, 3.63) is 90.0 Å². The van der Waals surface area contributed by atoms with Gasteiger partial charge in [-0.05, 0) is 36.8 Å². The van der Waals surface area contributed by atoms with Gasteiger partial charge < -0.3 is 15.3 Å². The Morgan fingerprint density at radius 1 is 0.939 bits per heavy atom. The maximum Gasteiger partial charge on any atom is 0.326 e. The monoisotopic (exact) mass is 466 g/mol. The van der Waals surface area contributed by atoms with Crippen molar-refractivity contribution in [2.45, 2.75) is 29.2 Å². The molecule has 2 N–H and O–H groups in total. The van der Waals surface area contributed by atoms with Crippen LogP contribution in [-0.4, -0.2) is 45.0 Å². The molecule has 3 rings (SSSR count). The van der Waals surface area contributed by atoms with Crippen LogP contribution in [0.5, 0.6) is 0 Å². The highest BCUT2D eigenvalue weighted by Gasteiger charge is 2.25. The van der Waals surface area contributed by atoms with E-state index in [0.29, 0.717) is 5.69 Å². The van der Waals surface area contributed by atoms with Gasteiger partial charge >= 0.3 is 5.97 Å². The molecule has 33 heavy (non-hydrogen) atoms. The number of sulfone groups is 1. The fraction of sp³-hybridized carbons (Fsp3) is 0.200. The van der Waals surface area contributed by atoms with Gasteiger partial charge in [0.15, 0.2) is 0 Å². The van der Waals surface area contributed by atoms with Crippen LogP contribution in [0.25, 0.3) is 0 Å². The van der Waals surface area contributed by atoms with Gasteiger partial charge in [0.1, 0.15) is 6.04 Å². The number of carboxylic acids is 1. The molecule has 3 aromatic rings. The van der Waals surface area contributed by atoms with E-state index in [4.69, 9.17) is 0 Å².